The maximum Gasteiger partial charge on any atom is 0.272 e. The van der Waals surface area contributed by atoms with Crippen molar-refractivity contribution in [1.29, 1.82) is 0 Å². The van der Waals surface area contributed by atoms with Gasteiger partial charge in [0, 0.05) is 30.6 Å². The van der Waals surface area contributed by atoms with Crippen LogP contribution in [0.2, 0.25) is 0 Å². The van der Waals surface area contributed by atoms with Crippen molar-refractivity contribution in [2.24, 2.45) is 0 Å². The van der Waals surface area contributed by atoms with Gasteiger partial charge in [0.05, 0.1) is 4.92 Å². The van der Waals surface area contributed by atoms with Crippen LogP contribution < -0.4 is 0 Å². The topological polar surface area (TPSA) is 63.5 Å². The normalized spacial score (nSPS) is 19.1. The summed E-state index contributed by atoms with van der Waals surface area (Å²) < 4.78 is 0. The number of Topliss-reactive ketones (excluding diaryl/α,β-unsaturated/α-hetero) is 1. The van der Waals surface area contributed by atoms with Gasteiger partial charge in [0.25, 0.3) is 5.69 Å². The lowest BCUT2D eigenvalue weighted by Crippen LogP contribution is -2.32. The number of rotatable bonds is 6. The van der Waals surface area contributed by atoms with E-state index in [2.05, 4.69) is 4.90 Å². The average Bonchev–Trinajstić information content (AvgIpc) is 2.83. The van der Waals surface area contributed by atoms with Crippen molar-refractivity contribution in [2.75, 3.05) is 13.1 Å². The second-order valence-electron chi connectivity index (χ2n) is 5.37. The van der Waals surface area contributed by atoms with E-state index in [1.807, 2.05) is 12.1 Å². The zero-order chi connectivity index (χ0) is 14.5. The number of nitrogens with zero attached hydrogens (tertiary/aromatic N) is 2. The molecule has 0 spiro atoms. The van der Waals surface area contributed by atoms with E-state index in [4.69, 9.17) is 0 Å². The molecular weight excluding hydrogens is 256 g/mol. The van der Waals surface area contributed by atoms with Gasteiger partial charge in [-0.05, 0) is 32.7 Å². The Kier molecular flexibility index (Phi) is 4.84. The SMILES string of the molecule is CC(=O)CC1CCCN1CCc1ccccc1[N+](=O)[O-]. The van der Waals surface area contributed by atoms with E-state index in [-0.39, 0.29) is 16.4 Å². The van der Waals surface area contributed by atoms with E-state index < -0.39 is 0 Å². The minimum atomic E-state index is -0.327. The molecule has 0 saturated carbocycles. The Labute approximate surface area is 118 Å². The molecule has 0 N–H and O–H groups in total. The summed E-state index contributed by atoms with van der Waals surface area (Å²) in [5, 5.41) is 11.0. The Bertz CT molecular complexity index is 502. The van der Waals surface area contributed by atoms with Crippen LogP contribution in [0.4, 0.5) is 5.69 Å². The van der Waals surface area contributed by atoms with Gasteiger partial charge in [-0.1, -0.05) is 18.2 Å². The highest BCUT2D eigenvalue weighted by atomic mass is 16.6. The van der Waals surface area contributed by atoms with E-state index in [1.165, 1.54) is 0 Å². The molecule has 5 heteroatoms. The van der Waals surface area contributed by atoms with E-state index in [1.54, 1.807) is 19.1 Å². The fourth-order valence-electron chi connectivity index (χ4n) is 2.92. The van der Waals surface area contributed by atoms with Gasteiger partial charge in [0.15, 0.2) is 0 Å². The summed E-state index contributed by atoms with van der Waals surface area (Å²) in [6.45, 7) is 3.39. The monoisotopic (exact) mass is 276 g/mol. The molecule has 0 radical (unpaired) electrons. The van der Waals surface area contributed by atoms with Gasteiger partial charge in [-0.15, -0.1) is 0 Å². The molecular formula is C15H20N2O3. The van der Waals surface area contributed by atoms with Crippen LogP contribution in [-0.2, 0) is 11.2 Å². The molecule has 1 heterocycles. The standard InChI is InChI=1S/C15H20N2O3/c1-12(18)11-14-6-4-9-16(14)10-8-13-5-2-3-7-15(13)17(19)20/h2-3,5,7,14H,4,6,8-11H2,1H3. The molecule has 1 fully saturated rings. The number of likely N-dealkylation sites (tertiary alicyclic amines) is 1. The highest BCUT2D eigenvalue weighted by molar-refractivity contribution is 5.76. The minimum Gasteiger partial charge on any atom is -0.300 e. The first kappa shape index (κ1) is 14.7. The highest BCUT2D eigenvalue weighted by Crippen LogP contribution is 2.23. The summed E-state index contributed by atoms with van der Waals surface area (Å²) in [6.07, 6.45) is 3.41. The number of carbonyl (C=O) groups excluding carboxylic acids is 1. The molecule has 20 heavy (non-hydrogen) atoms. The third-order valence-electron chi connectivity index (χ3n) is 3.88. The van der Waals surface area contributed by atoms with Gasteiger partial charge >= 0.3 is 0 Å². The van der Waals surface area contributed by atoms with Crippen LogP contribution in [0, 0.1) is 10.1 Å². The number of hydrogen-bond acceptors (Lipinski definition) is 4. The van der Waals surface area contributed by atoms with Crippen molar-refractivity contribution >= 4 is 11.5 Å². The van der Waals surface area contributed by atoms with E-state index >= 15 is 0 Å². The summed E-state index contributed by atoms with van der Waals surface area (Å²) in [5.74, 6) is 0.215. The highest BCUT2D eigenvalue weighted by Gasteiger charge is 2.25. The average molecular weight is 276 g/mol. The number of carbonyl (C=O) groups is 1. The fraction of sp³-hybridized carbons (Fsp3) is 0.533. The molecule has 1 aliphatic heterocycles. The molecule has 0 aliphatic carbocycles. The molecule has 1 aromatic carbocycles. The molecule has 1 atom stereocenters. The fourth-order valence-corrected chi connectivity index (χ4v) is 2.92. The molecule has 0 aromatic heterocycles. The van der Waals surface area contributed by atoms with Crippen molar-refractivity contribution in [3.63, 3.8) is 0 Å². The lowest BCUT2D eigenvalue weighted by molar-refractivity contribution is -0.385. The molecule has 1 unspecified atom stereocenters. The predicted octanol–water partition coefficient (Wildman–Crippen LogP) is 2.58. The second kappa shape index (κ2) is 6.61. The number of nitro benzene ring substituents is 1. The van der Waals surface area contributed by atoms with E-state index in [9.17, 15) is 14.9 Å². The van der Waals surface area contributed by atoms with Crippen molar-refractivity contribution in [1.82, 2.24) is 4.90 Å². The third kappa shape index (κ3) is 3.63. The molecule has 1 aliphatic rings. The first-order valence-corrected chi connectivity index (χ1v) is 7.03. The van der Waals surface area contributed by atoms with Gasteiger partial charge in [0.2, 0.25) is 0 Å². The van der Waals surface area contributed by atoms with E-state index in [0.717, 1.165) is 31.5 Å². The first-order chi connectivity index (χ1) is 9.58. The van der Waals surface area contributed by atoms with Crippen molar-refractivity contribution in [3.8, 4) is 0 Å². The molecule has 0 bridgehead atoms. The summed E-state index contributed by atoms with van der Waals surface area (Å²) in [5.41, 5.74) is 0.959. The number of para-hydroxylation sites is 1. The molecule has 2 rings (SSSR count). The van der Waals surface area contributed by atoms with Crippen LogP contribution in [0.3, 0.4) is 0 Å². The summed E-state index contributed by atoms with van der Waals surface area (Å²) >= 11 is 0. The predicted molar refractivity (Wildman–Crippen MR) is 76.7 cm³/mol. The zero-order valence-electron chi connectivity index (χ0n) is 11.7. The lowest BCUT2D eigenvalue weighted by atomic mass is 10.1. The lowest BCUT2D eigenvalue weighted by Gasteiger charge is -2.23. The Hall–Kier alpha value is -1.75. The summed E-state index contributed by atoms with van der Waals surface area (Å²) in [6, 6.07) is 7.20. The summed E-state index contributed by atoms with van der Waals surface area (Å²) in [4.78, 5) is 24.2. The van der Waals surface area contributed by atoms with Crippen LogP contribution >= 0.6 is 0 Å². The largest absolute Gasteiger partial charge is 0.300 e. The molecule has 5 nitrogen and oxygen atoms in total. The second-order valence-corrected chi connectivity index (χ2v) is 5.37. The first-order valence-electron chi connectivity index (χ1n) is 7.03. The molecule has 1 saturated heterocycles. The Balaban J connectivity index is 1.98. The van der Waals surface area contributed by atoms with Crippen LogP contribution in [0.5, 0.6) is 0 Å². The van der Waals surface area contributed by atoms with Gasteiger partial charge in [-0.2, -0.15) is 0 Å². The van der Waals surface area contributed by atoms with Crippen molar-refractivity contribution in [2.45, 2.75) is 38.6 Å². The van der Waals surface area contributed by atoms with Gasteiger partial charge < -0.3 is 0 Å². The number of nitro groups is 1. The molecule has 108 valence electrons. The number of benzene rings is 1. The maximum atomic E-state index is 11.2. The quantitative estimate of drug-likeness (QED) is 0.591. The van der Waals surface area contributed by atoms with Gasteiger partial charge in [-0.25, -0.2) is 0 Å². The third-order valence-corrected chi connectivity index (χ3v) is 3.88. The Morgan fingerprint density at radius 3 is 2.90 bits per heavy atom. The van der Waals surface area contributed by atoms with Crippen LogP contribution in [0.25, 0.3) is 0 Å². The maximum absolute atomic E-state index is 11.2. The van der Waals surface area contributed by atoms with Crippen molar-refractivity contribution in [3.05, 3.63) is 39.9 Å². The smallest absolute Gasteiger partial charge is 0.272 e. The Morgan fingerprint density at radius 1 is 1.45 bits per heavy atom. The Morgan fingerprint density at radius 2 is 2.20 bits per heavy atom. The molecule has 1 aromatic rings. The summed E-state index contributed by atoms with van der Waals surface area (Å²) in [7, 11) is 0. The minimum absolute atomic E-state index is 0.190. The van der Waals surface area contributed by atoms with Gasteiger partial charge in [-0.3, -0.25) is 19.8 Å². The zero-order valence-corrected chi connectivity index (χ0v) is 11.7. The van der Waals surface area contributed by atoms with Crippen LogP contribution in [0.1, 0.15) is 31.7 Å². The van der Waals surface area contributed by atoms with Crippen LogP contribution in [-0.4, -0.2) is 34.7 Å². The number of ketones is 1. The van der Waals surface area contributed by atoms with Crippen molar-refractivity contribution < 1.29 is 9.72 Å². The van der Waals surface area contributed by atoms with Crippen LogP contribution in [0.15, 0.2) is 24.3 Å². The number of hydrogen-bond donors (Lipinski definition) is 0. The van der Waals surface area contributed by atoms with E-state index in [0.29, 0.717) is 18.9 Å². The van der Waals surface area contributed by atoms with Gasteiger partial charge in [0.1, 0.15) is 5.78 Å². The molecule has 0 amide bonds.